The van der Waals surface area contributed by atoms with E-state index < -0.39 is 22.5 Å². The van der Waals surface area contributed by atoms with Gasteiger partial charge in [0, 0.05) is 24.1 Å². The van der Waals surface area contributed by atoms with Gasteiger partial charge in [-0.05, 0) is 24.6 Å². The lowest BCUT2D eigenvalue weighted by atomic mass is 10.1. The smallest absolute Gasteiger partial charge is 0.239 e. The molecule has 29 heavy (non-hydrogen) atoms. The van der Waals surface area contributed by atoms with Crippen molar-refractivity contribution in [3.05, 3.63) is 59.0 Å². The Morgan fingerprint density at radius 3 is 2.45 bits per heavy atom. The molecule has 1 amide bonds. The first-order valence-electron chi connectivity index (χ1n) is 8.70. The van der Waals surface area contributed by atoms with Crippen molar-refractivity contribution in [2.45, 2.75) is 6.92 Å². The van der Waals surface area contributed by atoms with Crippen molar-refractivity contribution in [1.29, 1.82) is 0 Å². The molecule has 152 valence electrons. The van der Waals surface area contributed by atoms with Crippen LogP contribution in [0.4, 0.5) is 5.69 Å². The van der Waals surface area contributed by atoms with Crippen LogP contribution < -0.4 is 14.8 Å². The molecule has 9 heteroatoms. The third kappa shape index (κ3) is 5.01. The molecule has 2 aromatic carbocycles. The fraction of sp³-hybridized carbons (Fsp3) is 0.200. The fourth-order valence-corrected chi connectivity index (χ4v) is 3.49. The number of benzene rings is 2. The van der Waals surface area contributed by atoms with Crippen molar-refractivity contribution in [2.75, 3.05) is 25.7 Å². The molecule has 0 saturated heterocycles. The van der Waals surface area contributed by atoms with Gasteiger partial charge in [0.1, 0.15) is 0 Å². The van der Waals surface area contributed by atoms with Crippen LogP contribution in [-0.4, -0.2) is 44.8 Å². The second-order valence-electron chi connectivity index (χ2n) is 6.37. The molecule has 1 aliphatic heterocycles. The van der Waals surface area contributed by atoms with Gasteiger partial charge in [-0.1, -0.05) is 30.3 Å². The van der Waals surface area contributed by atoms with Crippen LogP contribution in [0.25, 0.3) is 6.08 Å². The Kier molecular flexibility index (Phi) is 6.00. The number of ketones is 1. The van der Waals surface area contributed by atoms with E-state index in [0.29, 0.717) is 11.5 Å². The lowest BCUT2D eigenvalue weighted by Crippen LogP contribution is -2.34. The Morgan fingerprint density at radius 1 is 1.14 bits per heavy atom. The zero-order chi connectivity index (χ0) is 21.0. The van der Waals surface area contributed by atoms with E-state index in [2.05, 4.69) is 5.32 Å². The molecule has 0 atom stereocenters. The van der Waals surface area contributed by atoms with Gasteiger partial charge >= 0.3 is 0 Å². The molecule has 0 aromatic heterocycles. The monoisotopic (exact) mass is 416 g/mol. The number of hydrogen-bond acceptors (Lipinski definition) is 6. The highest BCUT2D eigenvalue weighted by Gasteiger charge is 2.22. The first-order chi connectivity index (χ1) is 13.8. The number of rotatable bonds is 7. The highest BCUT2D eigenvalue weighted by molar-refractivity contribution is 7.92. The maximum absolute atomic E-state index is 12.4. The number of fused-ring (bicyclic) bond motifs is 1. The molecule has 0 saturated carbocycles. The summed E-state index contributed by atoms with van der Waals surface area (Å²) in [5.41, 5.74) is 1.20. The molecule has 0 spiro atoms. The average Bonchev–Trinajstić information content (AvgIpc) is 3.13. The van der Waals surface area contributed by atoms with Crippen molar-refractivity contribution in [3.8, 4) is 11.5 Å². The molecule has 0 fully saturated rings. The van der Waals surface area contributed by atoms with E-state index in [1.807, 2.05) is 6.07 Å². The van der Waals surface area contributed by atoms with E-state index in [9.17, 15) is 18.0 Å². The summed E-state index contributed by atoms with van der Waals surface area (Å²) in [6.45, 7) is 0.963. The normalized spacial score (nSPS) is 13.1. The van der Waals surface area contributed by atoms with Gasteiger partial charge in [-0.3, -0.25) is 9.59 Å². The number of nitrogens with zero attached hydrogens (tertiary/aromatic N) is 1. The summed E-state index contributed by atoms with van der Waals surface area (Å²) < 4.78 is 36.2. The summed E-state index contributed by atoms with van der Waals surface area (Å²) in [6, 6.07) is 11.9. The SMILES string of the molecule is CC(=O)c1cc2c(cc1NC(=O)CN(C)S(=O)(=O)C=Cc1ccccc1)OCO2. The zero-order valence-electron chi connectivity index (χ0n) is 15.9. The molecule has 0 aliphatic carbocycles. The lowest BCUT2D eigenvalue weighted by Gasteiger charge is -2.15. The zero-order valence-corrected chi connectivity index (χ0v) is 16.7. The maximum Gasteiger partial charge on any atom is 0.239 e. The number of Topliss-reactive ketones (excluding diaryl/α,β-unsaturated/α-hetero) is 1. The van der Waals surface area contributed by atoms with Crippen molar-refractivity contribution in [2.24, 2.45) is 0 Å². The standard InChI is InChI=1S/C20H20N2O6S/c1-14(23)16-10-18-19(28-13-27-18)11-17(16)21-20(24)12-22(2)29(25,26)9-8-15-6-4-3-5-7-15/h3-11H,12-13H2,1-2H3,(H,21,24). The number of nitrogens with one attached hydrogen (secondary N) is 1. The topological polar surface area (TPSA) is 102 Å². The van der Waals surface area contributed by atoms with Crippen LogP contribution >= 0.6 is 0 Å². The molecule has 0 radical (unpaired) electrons. The third-order valence-electron chi connectivity index (χ3n) is 4.20. The molecule has 0 unspecified atom stereocenters. The second kappa shape index (κ2) is 8.46. The predicted molar refractivity (Wildman–Crippen MR) is 108 cm³/mol. The Bertz CT molecular complexity index is 1060. The number of anilines is 1. The molecule has 1 aliphatic rings. The number of hydrogen-bond donors (Lipinski definition) is 1. The molecule has 1 N–H and O–H groups in total. The van der Waals surface area contributed by atoms with Crippen LogP contribution in [-0.2, 0) is 14.8 Å². The van der Waals surface area contributed by atoms with Gasteiger partial charge in [-0.2, -0.15) is 4.31 Å². The van der Waals surface area contributed by atoms with Crippen LogP contribution in [0.5, 0.6) is 11.5 Å². The number of carbonyl (C=O) groups is 2. The number of amides is 1. The summed E-state index contributed by atoms with van der Waals surface area (Å²) in [5.74, 6) is -0.0491. The van der Waals surface area contributed by atoms with Crippen LogP contribution in [0, 0.1) is 0 Å². The van der Waals surface area contributed by atoms with Crippen LogP contribution in [0.15, 0.2) is 47.9 Å². The van der Waals surface area contributed by atoms with Crippen molar-refractivity contribution >= 4 is 33.5 Å². The third-order valence-corrected chi connectivity index (χ3v) is 5.68. The van der Waals surface area contributed by atoms with Gasteiger partial charge in [0.15, 0.2) is 17.3 Å². The first-order valence-corrected chi connectivity index (χ1v) is 10.2. The molecule has 8 nitrogen and oxygen atoms in total. The minimum Gasteiger partial charge on any atom is -0.454 e. The van der Waals surface area contributed by atoms with E-state index in [-0.39, 0.29) is 23.8 Å². The van der Waals surface area contributed by atoms with Gasteiger partial charge in [0.2, 0.25) is 22.7 Å². The molecule has 1 heterocycles. The molecule has 0 bridgehead atoms. The number of ether oxygens (including phenoxy) is 2. The molecule has 3 rings (SSSR count). The second-order valence-corrected chi connectivity index (χ2v) is 8.30. The van der Waals surface area contributed by atoms with E-state index in [4.69, 9.17) is 9.47 Å². The largest absolute Gasteiger partial charge is 0.454 e. The van der Waals surface area contributed by atoms with E-state index in [1.54, 1.807) is 24.3 Å². The summed E-state index contributed by atoms with van der Waals surface area (Å²) >= 11 is 0. The maximum atomic E-state index is 12.4. The fourth-order valence-electron chi connectivity index (χ4n) is 2.65. The molecular formula is C20H20N2O6S. The van der Waals surface area contributed by atoms with Crippen LogP contribution in [0.2, 0.25) is 0 Å². The van der Waals surface area contributed by atoms with Crippen LogP contribution in [0.3, 0.4) is 0 Å². The Hall–Kier alpha value is -3.17. The minimum atomic E-state index is -3.80. The van der Waals surface area contributed by atoms with E-state index in [1.165, 1.54) is 32.2 Å². The van der Waals surface area contributed by atoms with E-state index >= 15 is 0 Å². The van der Waals surface area contributed by atoms with Crippen molar-refractivity contribution in [3.63, 3.8) is 0 Å². The molecule has 2 aromatic rings. The Balaban J connectivity index is 1.70. The lowest BCUT2D eigenvalue weighted by molar-refractivity contribution is -0.116. The summed E-state index contributed by atoms with van der Waals surface area (Å²) in [5, 5.41) is 3.61. The number of likely N-dealkylation sites (N-methyl/N-ethyl adjacent to an activating group) is 1. The van der Waals surface area contributed by atoms with Gasteiger partial charge in [0.05, 0.1) is 12.2 Å². The first kappa shape index (κ1) is 20.6. The van der Waals surface area contributed by atoms with Crippen molar-refractivity contribution < 1.29 is 27.5 Å². The highest BCUT2D eigenvalue weighted by Crippen LogP contribution is 2.37. The summed E-state index contributed by atoms with van der Waals surface area (Å²) in [7, 11) is -2.50. The summed E-state index contributed by atoms with van der Waals surface area (Å²) in [4.78, 5) is 24.3. The van der Waals surface area contributed by atoms with Gasteiger partial charge < -0.3 is 14.8 Å². The quantitative estimate of drug-likeness (QED) is 0.696. The van der Waals surface area contributed by atoms with Gasteiger partial charge in [-0.15, -0.1) is 0 Å². The average molecular weight is 416 g/mol. The number of carbonyl (C=O) groups excluding carboxylic acids is 2. The van der Waals surface area contributed by atoms with Gasteiger partial charge in [-0.25, -0.2) is 8.42 Å². The van der Waals surface area contributed by atoms with Crippen molar-refractivity contribution in [1.82, 2.24) is 4.31 Å². The minimum absolute atomic E-state index is 0.0266. The highest BCUT2D eigenvalue weighted by atomic mass is 32.2. The predicted octanol–water partition coefficient (Wildman–Crippen LogP) is 2.49. The van der Waals surface area contributed by atoms with E-state index in [0.717, 1.165) is 15.3 Å². The Labute approximate surface area is 168 Å². The Morgan fingerprint density at radius 2 is 1.79 bits per heavy atom. The van der Waals surface area contributed by atoms with Crippen LogP contribution in [0.1, 0.15) is 22.8 Å². The molecular weight excluding hydrogens is 396 g/mol. The van der Waals surface area contributed by atoms with Gasteiger partial charge in [0.25, 0.3) is 0 Å². The number of sulfonamides is 1. The summed E-state index contributed by atoms with van der Waals surface area (Å²) in [6.07, 6.45) is 1.45.